The van der Waals surface area contributed by atoms with Crippen molar-refractivity contribution in [1.29, 1.82) is 0 Å². The third kappa shape index (κ3) is 3.83. The highest BCUT2D eigenvalue weighted by Crippen LogP contribution is 2.30. The number of benzene rings is 1. The molecule has 1 N–H and O–H groups in total. The average molecular weight is 411 g/mol. The van der Waals surface area contributed by atoms with Gasteiger partial charge in [-0.3, -0.25) is 9.48 Å². The predicted molar refractivity (Wildman–Crippen MR) is 113 cm³/mol. The molecular weight excluding hydrogens is 392 g/mol. The number of ether oxygens (including phenoxy) is 1. The maximum absolute atomic E-state index is 12.3. The Morgan fingerprint density at radius 3 is 2.71 bits per heavy atom. The van der Waals surface area contributed by atoms with Crippen LogP contribution in [0.15, 0.2) is 53.2 Å². The highest BCUT2D eigenvalue weighted by molar-refractivity contribution is 7.13. The monoisotopic (exact) mass is 410 g/mol. The molecule has 3 heterocycles. The molecule has 0 bridgehead atoms. The molecule has 0 aliphatic rings. The van der Waals surface area contributed by atoms with Gasteiger partial charge in [0.25, 0.3) is 5.91 Å². The number of thiophene rings is 1. The fourth-order valence-corrected chi connectivity index (χ4v) is 4.09. The Morgan fingerprint density at radius 1 is 1.18 bits per heavy atom. The normalized spacial score (nSPS) is 10.8. The van der Waals surface area contributed by atoms with Crippen LogP contribution in [0, 0.1) is 0 Å². The highest BCUT2D eigenvalue weighted by atomic mass is 32.1. The van der Waals surface area contributed by atoms with Gasteiger partial charge in [0.05, 0.1) is 17.2 Å². The van der Waals surface area contributed by atoms with Gasteiger partial charge < -0.3 is 10.1 Å². The number of rotatable bonds is 6. The average Bonchev–Trinajstić information content (AvgIpc) is 3.44. The van der Waals surface area contributed by atoms with Crippen molar-refractivity contribution in [3.63, 3.8) is 0 Å². The van der Waals surface area contributed by atoms with Crippen molar-refractivity contribution in [3.8, 4) is 27.7 Å². The molecule has 142 valence electrons. The molecule has 0 saturated heterocycles. The summed E-state index contributed by atoms with van der Waals surface area (Å²) in [6, 6.07) is 13.4. The lowest BCUT2D eigenvalue weighted by molar-refractivity contribution is 0.102. The topological polar surface area (TPSA) is 69.0 Å². The van der Waals surface area contributed by atoms with E-state index < -0.39 is 0 Å². The van der Waals surface area contributed by atoms with Crippen LogP contribution >= 0.6 is 22.7 Å². The molecule has 0 spiro atoms. The summed E-state index contributed by atoms with van der Waals surface area (Å²) in [5, 5.41) is 12.1. The first-order chi connectivity index (χ1) is 13.6. The maximum atomic E-state index is 12.3. The van der Waals surface area contributed by atoms with E-state index in [2.05, 4.69) is 10.4 Å². The Bertz CT molecular complexity index is 1080. The van der Waals surface area contributed by atoms with E-state index in [1.807, 2.05) is 54.1 Å². The Hall–Kier alpha value is -2.97. The number of anilines is 1. The molecular formula is C20H18N4O2S2. The number of thiazole rings is 1. The van der Waals surface area contributed by atoms with Crippen molar-refractivity contribution in [2.24, 2.45) is 7.05 Å². The summed E-state index contributed by atoms with van der Waals surface area (Å²) in [5.41, 5.74) is 2.64. The largest absolute Gasteiger partial charge is 0.494 e. The first-order valence-corrected chi connectivity index (χ1v) is 10.5. The predicted octanol–water partition coefficient (Wildman–Crippen LogP) is 4.92. The summed E-state index contributed by atoms with van der Waals surface area (Å²) < 4.78 is 7.13. The molecule has 4 rings (SSSR count). The summed E-state index contributed by atoms with van der Waals surface area (Å²) >= 11 is 2.93. The second-order valence-electron chi connectivity index (χ2n) is 5.97. The number of carbonyl (C=O) groups is 1. The van der Waals surface area contributed by atoms with Gasteiger partial charge >= 0.3 is 0 Å². The first-order valence-electron chi connectivity index (χ1n) is 8.72. The molecule has 4 aromatic rings. The number of amides is 1. The molecule has 3 aromatic heterocycles. The second kappa shape index (κ2) is 7.95. The van der Waals surface area contributed by atoms with E-state index in [1.165, 1.54) is 22.7 Å². The minimum Gasteiger partial charge on any atom is -0.494 e. The lowest BCUT2D eigenvalue weighted by atomic mass is 10.2. The fourth-order valence-electron chi connectivity index (χ4n) is 2.69. The van der Waals surface area contributed by atoms with Gasteiger partial charge in [-0.2, -0.15) is 5.10 Å². The van der Waals surface area contributed by atoms with Gasteiger partial charge in [0.1, 0.15) is 22.3 Å². The number of aryl methyl sites for hydroxylation is 1. The van der Waals surface area contributed by atoms with Crippen molar-refractivity contribution < 1.29 is 9.53 Å². The molecule has 6 nitrogen and oxygen atoms in total. The third-order valence-corrected chi connectivity index (χ3v) is 5.78. The van der Waals surface area contributed by atoms with Crippen molar-refractivity contribution >= 4 is 34.4 Å². The molecule has 0 fully saturated rings. The van der Waals surface area contributed by atoms with Crippen LogP contribution in [0.5, 0.6) is 5.75 Å². The quantitative estimate of drug-likeness (QED) is 0.490. The van der Waals surface area contributed by atoms with Crippen LogP contribution in [0.3, 0.4) is 0 Å². The molecule has 0 aliphatic heterocycles. The van der Waals surface area contributed by atoms with E-state index in [0.29, 0.717) is 17.3 Å². The summed E-state index contributed by atoms with van der Waals surface area (Å²) in [7, 11) is 1.80. The number of nitrogens with one attached hydrogen (secondary N) is 1. The number of hydrogen-bond acceptors (Lipinski definition) is 6. The molecule has 8 heteroatoms. The van der Waals surface area contributed by atoms with E-state index >= 15 is 0 Å². The zero-order chi connectivity index (χ0) is 19.5. The van der Waals surface area contributed by atoms with Crippen LogP contribution in [0.4, 0.5) is 5.82 Å². The first kappa shape index (κ1) is 18.4. The van der Waals surface area contributed by atoms with Gasteiger partial charge in [-0.05, 0) is 42.6 Å². The highest BCUT2D eigenvalue weighted by Gasteiger charge is 2.15. The standard InChI is InChI=1S/C20H18N4O2S2/c1-3-26-14-8-6-13(7-9-14)16-12-28-20(21-16)15-11-18(24(2)23-15)22-19(25)17-5-4-10-27-17/h4-12H,3H2,1-2H3,(H,22,25). The van der Waals surface area contributed by atoms with E-state index in [-0.39, 0.29) is 5.91 Å². The fraction of sp³-hybridized carbons (Fsp3) is 0.150. The van der Waals surface area contributed by atoms with E-state index in [1.54, 1.807) is 17.8 Å². The molecule has 0 radical (unpaired) electrons. The van der Waals surface area contributed by atoms with Crippen molar-refractivity contribution in [1.82, 2.24) is 14.8 Å². The van der Waals surface area contributed by atoms with E-state index in [0.717, 1.165) is 27.7 Å². The van der Waals surface area contributed by atoms with Gasteiger partial charge in [0.2, 0.25) is 0 Å². The van der Waals surface area contributed by atoms with Crippen molar-refractivity contribution in [2.75, 3.05) is 11.9 Å². The second-order valence-corrected chi connectivity index (χ2v) is 7.77. The SMILES string of the molecule is CCOc1ccc(-c2csc(-c3cc(NC(=O)c4cccs4)n(C)n3)n2)cc1. The molecule has 0 unspecified atom stereocenters. The summed E-state index contributed by atoms with van der Waals surface area (Å²) in [4.78, 5) is 17.6. The van der Waals surface area contributed by atoms with Crippen molar-refractivity contribution in [3.05, 3.63) is 58.1 Å². The van der Waals surface area contributed by atoms with Gasteiger partial charge in [-0.25, -0.2) is 4.98 Å². The summed E-state index contributed by atoms with van der Waals surface area (Å²) in [6.07, 6.45) is 0. The number of hydrogen-bond donors (Lipinski definition) is 1. The van der Waals surface area contributed by atoms with Crippen LogP contribution in [0.2, 0.25) is 0 Å². The van der Waals surface area contributed by atoms with Crippen LogP contribution in [-0.2, 0) is 7.05 Å². The third-order valence-electron chi connectivity index (χ3n) is 4.05. The van der Waals surface area contributed by atoms with Gasteiger partial charge in [0, 0.05) is 24.1 Å². The zero-order valence-electron chi connectivity index (χ0n) is 15.4. The molecule has 1 amide bonds. The van der Waals surface area contributed by atoms with Gasteiger partial charge in [-0.15, -0.1) is 22.7 Å². The minimum absolute atomic E-state index is 0.140. The number of nitrogens with zero attached hydrogens (tertiary/aromatic N) is 3. The zero-order valence-corrected chi connectivity index (χ0v) is 17.0. The number of aromatic nitrogens is 3. The summed E-state index contributed by atoms with van der Waals surface area (Å²) in [6.45, 7) is 2.61. The minimum atomic E-state index is -0.140. The Labute approximate surface area is 170 Å². The van der Waals surface area contributed by atoms with Crippen molar-refractivity contribution in [2.45, 2.75) is 6.92 Å². The van der Waals surface area contributed by atoms with Crippen LogP contribution in [-0.4, -0.2) is 27.3 Å². The molecule has 0 aliphatic carbocycles. The van der Waals surface area contributed by atoms with Gasteiger partial charge in [-0.1, -0.05) is 6.07 Å². The number of carbonyl (C=O) groups excluding carboxylic acids is 1. The van der Waals surface area contributed by atoms with Gasteiger partial charge in [0.15, 0.2) is 0 Å². The Morgan fingerprint density at radius 2 is 2.00 bits per heavy atom. The molecule has 28 heavy (non-hydrogen) atoms. The molecule has 1 aromatic carbocycles. The van der Waals surface area contributed by atoms with Crippen LogP contribution in [0.1, 0.15) is 16.6 Å². The molecule has 0 saturated carbocycles. The summed E-state index contributed by atoms with van der Waals surface area (Å²) in [5.74, 6) is 1.34. The Kier molecular flexibility index (Phi) is 5.23. The maximum Gasteiger partial charge on any atom is 0.266 e. The van der Waals surface area contributed by atoms with E-state index in [9.17, 15) is 4.79 Å². The van der Waals surface area contributed by atoms with Crippen LogP contribution < -0.4 is 10.1 Å². The smallest absolute Gasteiger partial charge is 0.266 e. The van der Waals surface area contributed by atoms with E-state index in [4.69, 9.17) is 9.72 Å². The lowest BCUT2D eigenvalue weighted by Crippen LogP contribution is -2.12. The molecule has 0 atom stereocenters. The lowest BCUT2D eigenvalue weighted by Gasteiger charge is -2.03. The van der Waals surface area contributed by atoms with Crippen LogP contribution in [0.25, 0.3) is 22.0 Å². The Balaban J connectivity index is 1.53.